The first-order valence-electron chi connectivity index (χ1n) is 16.2. The molecule has 0 radical (unpaired) electrons. The van der Waals surface area contributed by atoms with Gasteiger partial charge in [-0.2, -0.15) is 0 Å². The van der Waals surface area contributed by atoms with Crippen LogP contribution in [0.15, 0.2) is 32.6 Å². The summed E-state index contributed by atoms with van der Waals surface area (Å²) in [7, 11) is 5.00. The van der Waals surface area contributed by atoms with E-state index in [1.54, 1.807) is 55.6 Å². The monoisotopic (exact) mass is 699 g/mol. The molecular weight excluding hydrogens is 650 g/mol. The number of aryl methyl sites for hydroxylation is 3. The quantitative estimate of drug-likeness (QED) is 0.0918. The fourth-order valence-electron chi connectivity index (χ4n) is 5.60. The van der Waals surface area contributed by atoms with E-state index < -0.39 is 57.1 Å². The number of hydrogen-bond acceptors (Lipinski definition) is 11. The SMILES string of the molecule is Cc1cc(=O)c(O)c(CNC(=O)CCC(N)(CCC(=O)NCc2c(O)c(=O)cc(C)n2C)CCC(O)NCc2c(O)c(=O)cc(C)n2C)n1C. The van der Waals surface area contributed by atoms with Gasteiger partial charge in [-0.1, -0.05) is 0 Å². The maximum Gasteiger partial charge on any atom is 0.223 e. The van der Waals surface area contributed by atoms with E-state index in [4.69, 9.17) is 5.73 Å². The van der Waals surface area contributed by atoms with E-state index in [0.29, 0.717) is 17.1 Å². The Hall–Kier alpha value is -4.93. The zero-order valence-electron chi connectivity index (χ0n) is 29.4. The van der Waals surface area contributed by atoms with Crippen LogP contribution in [-0.2, 0) is 50.4 Å². The van der Waals surface area contributed by atoms with Crippen molar-refractivity contribution in [3.63, 3.8) is 0 Å². The van der Waals surface area contributed by atoms with Gasteiger partial charge in [0.05, 0.1) is 30.2 Å². The Labute approximate surface area is 289 Å². The predicted molar refractivity (Wildman–Crippen MR) is 185 cm³/mol. The third-order valence-corrected chi connectivity index (χ3v) is 9.37. The number of hydrogen-bond donors (Lipinski definition) is 8. The first-order chi connectivity index (χ1) is 23.3. The van der Waals surface area contributed by atoms with Crippen molar-refractivity contribution in [2.45, 2.75) is 90.7 Å². The summed E-state index contributed by atoms with van der Waals surface area (Å²) in [4.78, 5) is 62.0. The molecule has 0 bridgehead atoms. The number of rotatable bonds is 16. The summed E-state index contributed by atoms with van der Waals surface area (Å²) >= 11 is 0. The molecule has 9 N–H and O–H groups in total. The molecule has 3 aromatic rings. The maximum atomic E-state index is 12.9. The van der Waals surface area contributed by atoms with Crippen LogP contribution < -0.4 is 38.0 Å². The third-order valence-electron chi connectivity index (χ3n) is 9.37. The van der Waals surface area contributed by atoms with Crippen molar-refractivity contribution in [1.82, 2.24) is 29.7 Å². The minimum atomic E-state index is -1.12. The van der Waals surface area contributed by atoms with Crippen LogP contribution >= 0.6 is 0 Å². The van der Waals surface area contributed by atoms with E-state index in [0.717, 1.165) is 0 Å². The number of nitrogens with two attached hydrogens (primary N) is 1. The van der Waals surface area contributed by atoms with Crippen LogP contribution in [0.3, 0.4) is 0 Å². The number of carbonyl (C=O) groups is 2. The molecule has 274 valence electrons. The van der Waals surface area contributed by atoms with E-state index in [1.807, 2.05) is 0 Å². The highest BCUT2D eigenvalue weighted by Gasteiger charge is 2.28. The first-order valence-corrected chi connectivity index (χ1v) is 16.2. The van der Waals surface area contributed by atoms with E-state index >= 15 is 0 Å². The molecule has 16 heteroatoms. The molecule has 0 aliphatic heterocycles. The smallest absolute Gasteiger partial charge is 0.223 e. The number of amides is 2. The summed E-state index contributed by atoms with van der Waals surface area (Å²) < 4.78 is 4.82. The van der Waals surface area contributed by atoms with Gasteiger partial charge < -0.3 is 50.5 Å². The Morgan fingerprint density at radius 1 is 0.680 bits per heavy atom. The molecule has 0 saturated carbocycles. The molecule has 3 aromatic heterocycles. The van der Waals surface area contributed by atoms with Crippen molar-refractivity contribution in [3.8, 4) is 17.2 Å². The van der Waals surface area contributed by atoms with Crippen LogP contribution in [0.1, 0.15) is 72.7 Å². The summed E-state index contributed by atoms with van der Waals surface area (Å²) in [6.45, 7) is 4.87. The largest absolute Gasteiger partial charge is 0.503 e. The second kappa shape index (κ2) is 16.7. The van der Waals surface area contributed by atoms with Gasteiger partial charge in [-0.3, -0.25) is 29.3 Å². The van der Waals surface area contributed by atoms with Crippen LogP contribution in [0.5, 0.6) is 17.2 Å². The Morgan fingerprint density at radius 2 is 1.02 bits per heavy atom. The van der Waals surface area contributed by atoms with Gasteiger partial charge >= 0.3 is 0 Å². The molecule has 1 unspecified atom stereocenters. The summed E-state index contributed by atoms with van der Waals surface area (Å²) in [5.41, 5.74) is 6.58. The highest BCUT2D eigenvalue weighted by molar-refractivity contribution is 5.76. The van der Waals surface area contributed by atoms with Crippen molar-refractivity contribution < 1.29 is 30.0 Å². The van der Waals surface area contributed by atoms with Crippen LogP contribution in [0.2, 0.25) is 0 Å². The van der Waals surface area contributed by atoms with Gasteiger partial charge in [-0.05, 0) is 46.5 Å². The van der Waals surface area contributed by atoms with Crippen molar-refractivity contribution in [1.29, 1.82) is 0 Å². The Balaban J connectivity index is 1.68. The van der Waals surface area contributed by atoms with Crippen molar-refractivity contribution in [3.05, 3.63) is 83.0 Å². The number of pyridine rings is 3. The lowest BCUT2D eigenvalue weighted by Crippen LogP contribution is -2.44. The molecule has 0 fully saturated rings. The Kier molecular flexibility index (Phi) is 13.2. The number of nitrogens with zero attached hydrogens (tertiary/aromatic N) is 3. The van der Waals surface area contributed by atoms with Crippen molar-refractivity contribution >= 4 is 11.8 Å². The van der Waals surface area contributed by atoms with E-state index in [9.17, 15) is 44.4 Å². The van der Waals surface area contributed by atoms with Crippen LogP contribution in [0.4, 0.5) is 0 Å². The molecule has 0 spiro atoms. The summed E-state index contributed by atoms with van der Waals surface area (Å²) in [5.74, 6) is -2.18. The van der Waals surface area contributed by atoms with E-state index in [-0.39, 0.29) is 75.2 Å². The van der Waals surface area contributed by atoms with Gasteiger partial charge in [-0.25, -0.2) is 0 Å². The number of aliphatic hydroxyl groups excluding tert-OH is 1. The van der Waals surface area contributed by atoms with Crippen molar-refractivity contribution in [2.24, 2.45) is 26.9 Å². The second-order valence-electron chi connectivity index (χ2n) is 12.9. The third kappa shape index (κ3) is 9.83. The molecule has 0 saturated heterocycles. The topological polar surface area (TPSA) is 243 Å². The molecule has 0 aromatic carbocycles. The van der Waals surface area contributed by atoms with Gasteiger partial charge in [-0.15, -0.1) is 0 Å². The molecule has 0 aliphatic rings. The predicted octanol–water partition coefficient (Wildman–Crippen LogP) is -0.0963. The van der Waals surface area contributed by atoms with Crippen LogP contribution in [-0.4, -0.2) is 57.7 Å². The molecule has 16 nitrogen and oxygen atoms in total. The van der Waals surface area contributed by atoms with Gasteiger partial charge in [0.15, 0.2) is 17.2 Å². The fraction of sp³-hybridized carbons (Fsp3) is 0.500. The van der Waals surface area contributed by atoms with Gasteiger partial charge in [0.25, 0.3) is 0 Å². The van der Waals surface area contributed by atoms with Gasteiger partial charge in [0.1, 0.15) is 6.23 Å². The lowest BCUT2D eigenvalue weighted by molar-refractivity contribution is -0.121. The highest BCUT2D eigenvalue weighted by atomic mass is 16.3. The summed E-state index contributed by atoms with van der Waals surface area (Å²) in [6, 6.07) is 3.89. The first kappa shape index (κ1) is 39.5. The highest BCUT2D eigenvalue weighted by Crippen LogP contribution is 2.24. The molecule has 3 heterocycles. The number of aromatic nitrogens is 3. The van der Waals surface area contributed by atoms with Gasteiger partial charge in [0, 0.05) is 81.3 Å². The number of nitrogens with one attached hydrogen (secondary N) is 3. The molecule has 2 amide bonds. The Bertz CT molecular complexity index is 1820. The van der Waals surface area contributed by atoms with Crippen LogP contribution in [0.25, 0.3) is 0 Å². The molecule has 1 atom stereocenters. The fourth-order valence-corrected chi connectivity index (χ4v) is 5.60. The standard InChI is InChI=1S/C34H49N7O9/c1-19-13-25(42)31(48)22(39(19)4)16-36-28(45)7-10-34(35,11-8-29(46)37-17-23-32(49)26(43)14-20(2)40(23)5)12-9-30(47)38-18-24-33(50)27(44)15-21(3)41(24)6/h13-15,28,36,45,48-50H,7-12,16-18,35H2,1-6H3,(H,37,46)(H,38,47). The number of aromatic hydroxyl groups is 3. The van der Waals surface area contributed by atoms with Crippen LogP contribution in [0, 0.1) is 20.8 Å². The van der Waals surface area contributed by atoms with E-state index in [1.165, 1.54) is 18.2 Å². The zero-order chi connectivity index (χ0) is 37.5. The van der Waals surface area contributed by atoms with Crippen molar-refractivity contribution in [2.75, 3.05) is 0 Å². The average Bonchev–Trinajstić information content (AvgIpc) is 3.06. The maximum absolute atomic E-state index is 12.9. The molecular formula is C34H49N7O9. The zero-order valence-corrected chi connectivity index (χ0v) is 29.4. The molecule has 0 aliphatic carbocycles. The molecule has 3 rings (SSSR count). The van der Waals surface area contributed by atoms with E-state index in [2.05, 4.69) is 16.0 Å². The lowest BCUT2D eigenvalue weighted by Gasteiger charge is -2.31. The minimum absolute atomic E-state index is 0.0224. The number of carbonyl (C=O) groups excluding carboxylic acids is 2. The van der Waals surface area contributed by atoms with Gasteiger partial charge in [0.2, 0.25) is 28.1 Å². The summed E-state index contributed by atoms with van der Waals surface area (Å²) in [6.07, 6.45) is -0.775. The second-order valence-corrected chi connectivity index (χ2v) is 12.9. The average molecular weight is 700 g/mol. The summed E-state index contributed by atoms with van der Waals surface area (Å²) in [5, 5.41) is 49.7. The number of aliphatic hydroxyl groups is 1. The molecule has 50 heavy (non-hydrogen) atoms. The Morgan fingerprint density at radius 3 is 1.38 bits per heavy atom. The lowest BCUT2D eigenvalue weighted by atomic mass is 9.84. The normalized spacial score (nSPS) is 12.2. The minimum Gasteiger partial charge on any atom is -0.503 e.